The van der Waals surface area contributed by atoms with Crippen molar-refractivity contribution in [1.29, 1.82) is 0 Å². The highest BCUT2D eigenvalue weighted by Gasteiger charge is 2.23. The summed E-state index contributed by atoms with van der Waals surface area (Å²) >= 11 is 0. The van der Waals surface area contributed by atoms with Gasteiger partial charge in [-0.1, -0.05) is 26.0 Å². The number of halogens is 1. The molecule has 0 aliphatic rings. The molecule has 1 rings (SSSR count). The Hall–Kier alpha value is -0.980. The zero-order chi connectivity index (χ0) is 13.8. The summed E-state index contributed by atoms with van der Waals surface area (Å²) in [4.78, 5) is -0.357. The molecule has 0 heterocycles. The van der Waals surface area contributed by atoms with Crippen molar-refractivity contribution in [3.05, 3.63) is 30.1 Å². The van der Waals surface area contributed by atoms with Crippen LogP contribution >= 0.6 is 0 Å². The second-order valence-corrected chi connectivity index (χ2v) is 6.63. The van der Waals surface area contributed by atoms with Gasteiger partial charge < -0.3 is 5.11 Å². The van der Waals surface area contributed by atoms with Crippen LogP contribution in [-0.2, 0) is 10.0 Å². The van der Waals surface area contributed by atoms with Gasteiger partial charge in [-0.25, -0.2) is 17.5 Å². The minimum absolute atomic E-state index is 0.0194. The Kier molecular flexibility index (Phi) is 4.84. The second-order valence-electron chi connectivity index (χ2n) is 4.89. The van der Waals surface area contributed by atoms with Gasteiger partial charge in [-0.2, -0.15) is 0 Å². The molecule has 0 unspecified atom stereocenters. The first-order valence-corrected chi connectivity index (χ1v) is 7.12. The number of rotatable bonds is 6. The fraction of sp³-hybridized carbons (Fsp3) is 0.500. The molecule has 0 aliphatic heterocycles. The maximum Gasteiger partial charge on any atom is 0.243 e. The fourth-order valence-electron chi connectivity index (χ4n) is 1.42. The van der Waals surface area contributed by atoms with Gasteiger partial charge in [0.15, 0.2) is 0 Å². The lowest BCUT2D eigenvalue weighted by Gasteiger charge is -2.23. The molecular weight excluding hydrogens is 257 g/mol. The van der Waals surface area contributed by atoms with Gasteiger partial charge in [-0.15, -0.1) is 0 Å². The summed E-state index contributed by atoms with van der Waals surface area (Å²) in [5.74, 6) is -0.773. The van der Waals surface area contributed by atoms with Crippen LogP contribution in [0.25, 0.3) is 0 Å². The molecule has 1 aromatic rings. The molecule has 1 aromatic carbocycles. The lowest BCUT2D eigenvalue weighted by Crippen LogP contribution is -2.34. The highest BCUT2D eigenvalue weighted by Crippen LogP contribution is 2.20. The van der Waals surface area contributed by atoms with E-state index in [9.17, 15) is 12.8 Å². The standard InChI is InChI=1S/C12H18FNO3S/c1-12(2,7-8-15)9-14-18(16,17)11-6-4-3-5-10(11)13/h3-6,14-15H,7-9H2,1-2H3. The Morgan fingerprint density at radius 1 is 1.33 bits per heavy atom. The molecule has 0 saturated heterocycles. The summed E-state index contributed by atoms with van der Waals surface area (Å²) in [5, 5.41) is 8.86. The highest BCUT2D eigenvalue weighted by atomic mass is 32.2. The van der Waals surface area contributed by atoms with Crippen molar-refractivity contribution in [2.45, 2.75) is 25.2 Å². The monoisotopic (exact) mass is 275 g/mol. The maximum atomic E-state index is 13.4. The number of hydrogen-bond donors (Lipinski definition) is 2. The summed E-state index contributed by atoms with van der Waals surface area (Å²) in [6.45, 7) is 3.78. The summed E-state index contributed by atoms with van der Waals surface area (Å²) < 4.78 is 39.5. The van der Waals surface area contributed by atoms with E-state index in [0.29, 0.717) is 6.42 Å². The average Bonchev–Trinajstić information content (AvgIpc) is 2.27. The molecule has 102 valence electrons. The Labute approximate surface area is 107 Å². The predicted octanol–water partition coefficient (Wildman–Crippen LogP) is 1.51. The van der Waals surface area contributed by atoms with Gasteiger partial charge in [0, 0.05) is 13.2 Å². The van der Waals surface area contributed by atoms with Crippen molar-refractivity contribution in [2.24, 2.45) is 5.41 Å². The van der Waals surface area contributed by atoms with Crippen molar-refractivity contribution in [3.8, 4) is 0 Å². The van der Waals surface area contributed by atoms with Gasteiger partial charge in [0.2, 0.25) is 10.0 Å². The topological polar surface area (TPSA) is 66.4 Å². The van der Waals surface area contributed by atoms with Gasteiger partial charge in [0.25, 0.3) is 0 Å². The zero-order valence-corrected chi connectivity index (χ0v) is 11.3. The van der Waals surface area contributed by atoms with E-state index in [1.807, 2.05) is 13.8 Å². The van der Waals surface area contributed by atoms with Crippen molar-refractivity contribution < 1.29 is 17.9 Å². The molecule has 0 radical (unpaired) electrons. The van der Waals surface area contributed by atoms with Crippen molar-refractivity contribution in [2.75, 3.05) is 13.2 Å². The normalized spacial score (nSPS) is 12.7. The molecule has 0 aromatic heterocycles. The average molecular weight is 275 g/mol. The summed E-state index contributed by atoms with van der Waals surface area (Å²) in [7, 11) is -3.85. The first kappa shape index (κ1) is 15.1. The first-order chi connectivity index (χ1) is 8.28. The smallest absolute Gasteiger partial charge is 0.243 e. The molecule has 0 aliphatic carbocycles. The summed E-state index contributed by atoms with van der Waals surface area (Å²) in [6, 6.07) is 5.23. The SMILES string of the molecule is CC(C)(CCO)CNS(=O)(=O)c1ccccc1F. The van der Waals surface area contributed by atoms with E-state index in [1.165, 1.54) is 18.2 Å². The molecule has 4 nitrogen and oxygen atoms in total. The van der Waals surface area contributed by atoms with Crippen molar-refractivity contribution in [1.82, 2.24) is 4.72 Å². The number of aliphatic hydroxyl groups excluding tert-OH is 1. The Morgan fingerprint density at radius 3 is 2.50 bits per heavy atom. The van der Waals surface area contributed by atoms with Gasteiger partial charge in [0.1, 0.15) is 10.7 Å². The third-order valence-corrected chi connectivity index (χ3v) is 4.09. The van der Waals surface area contributed by atoms with Crippen molar-refractivity contribution in [3.63, 3.8) is 0 Å². The Bertz CT molecular complexity index is 500. The van der Waals surface area contributed by atoms with Crippen LogP contribution < -0.4 is 4.72 Å². The maximum absolute atomic E-state index is 13.4. The van der Waals surface area contributed by atoms with E-state index in [0.717, 1.165) is 6.07 Å². The van der Waals surface area contributed by atoms with E-state index in [2.05, 4.69) is 4.72 Å². The van der Waals surface area contributed by atoms with Crippen LogP contribution in [0.4, 0.5) is 4.39 Å². The van der Waals surface area contributed by atoms with Gasteiger partial charge in [-0.05, 0) is 24.0 Å². The Balaban J connectivity index is 2.81. The first-order valence-electron chi connectivity index (χ1n) is 5.63. The molecule has 0 spiro atoms. The molecule has 6 heteroatoms. The highest BCUT2D eigenvalue weighted by molar-refractivity contribution is 7.89. The van der Waals surface area contributed by atoms with Gasteiger partial charge in [0.05, 0.1) is 0 Å². The molecular formula is C12H18FNO3S. The number of benzene rings is 1. The third-order valence-electron chi connectivity index (χ3n) is 2.66. The summed E-state index contributed by atoms with van der Waals surface area (Å²) in [5.41, 5.74) is -0.382. The minimum Gasteiger partial charge on any atom is -0.396 e. The minimum atomic E-state index is -3.85. The molecule has 0 saturated carbocycles. The lowest BCUT2D eigenvalue weighted by molar-refractivity contribution is 0.213. The predicted molar refractivity (Wildman–Crippen MR) is 67.1 cm³/mol. The molecule has 0 fully saturated rings. The van der Waals surface area contributed by atoms with Crippen LogP contribution in [-0.4, -0.2) is 26.7 Å². The number of nitrogens with one attached hydrogen (secondary N) is 1. The van der Waals surface area contributed by atoms with Gasteiger partial charge in [-0.3, -0.25) is 0 Å². The Morgan fingerprint density at radius 2 is 1.94 bits per heavy atom. The third kappa shape index (κ3) is 4.04. The quantitative estimate of drug-likeness (QED) is 0.827. The molecule has 0 amide bonds. The molecule has 0 bridgehead atoms. The lowest BCUT2D eigenvalue weighted by atomic mass is 9.90. The van der Waals surface area contributed by atoms with E-state index < -0.39 is 15.8 Å². The molecule has 18 heavy (non-hydrogen) atoms. The number of sulfonamides is 1. The number of hydrogen-bond acceptors (Lipinski definition) is 3. The van der Waals surface area contributed by atoms with Crippen molar-refractivity contribution >= 4 is 10.0 Å². The molecule has 2 N–H and O–H groups in total. The van der Waals surface area contributed by atoms with Crippen LogP contribution in [0.15, 0.2) is 29.2 Å². The van der Waals surface area contributed by atoms with E-state index in [1.54, 1.807) is 0 Å². The van der Waals surface area contributed by atoms with E-state index >= 15 is 0 Å². The van der Waals surface area contributed by atoms with Crippen LogP contribution in [0.2, 0.25) is 0 Å². The second kappa shape index (κ2) is 5.77. The fourth-order valence-corrected chi connectivity index (χ4v) is 2.74. The molecule has 0 atom stereocenters. The van der Waals surface area contributed by atoms with Crippen LogP contribution in [0.3, 0.4) is 0 Å². The van der Waals surface area contributed by atoms with Crippen LogP contribution in [0.5, 0.6) is 0 Å². The zero-order valence-electron chi connectivity index (χ0n) is 10.5. The summed E-state index contributed by atoms with van der Waals surface area (Å²) in [6.07, 6.45) is 0.465. The van der Waals surface area contributed by atoms with Crippen LogP contribution in [0, 0.1) is 11.2 Å². The largest absolute Gasteiger partial charge is 0.396 e. The van der Waals surface area contributed by atoms with Gasteiger partial charge >= 0.3 is 0 Å². The van der Waals surface area contributed by atoms with E-state index in [-0.39, 0.29) is 23.5 Å². The van der Waals surface area contributed by atoms with Crippen LogP contribution in [0.1, 0.15) is 20.3 Å². The number of aliphatic hydroxyl groups is 1. The van der Waals surface area contributed by atoms with E-state index in [4.69, 9.17) is 5.11 Å².